The summed E-state index contributed by atoms with van der Waals surface area (Å²) < 4.78 is 0. The van der Waals surface area contributed by atoms with Crippen molar-refractivity contribution in [2.45, 2.75) is 51.7 Å². The molecular formula is C18H30N2O. The predicted octanol–water partition coefficient (Wildman–Crippen LogP) is 3.04. The van der Waals surface area contributed by atoms with Gasteiger partial charge in [-0.3, -0.25) is 0 Å². The van der Waals surface area contributed by atoms with Crippen LogP contribution < -0.4 is 10.2 Å². The predicted molar refractivity (Wildman–Crippen MR) is 89.8 cm³/mol. The van der Waals surface area contributed by atoms with Gasteiger partial charge in [0.25, 0.3) is 0 Å². The molecule has 21 heavy (non-hydrogen) atoms. The molecule has 2 N–H and O–H groups in total. The summed E-state index contributed by atoms with van der Waals surface area (Å²) in [4.78, 5) is 2.45. The zero-order valence-corrected chi connectivity index (χ0v) is 13.7. The molecule has 1 saturated heterocycles. The highest BCUT2D eigenvalue weighted by atomic mass is 16.3. The van der Waals surface area contributed by atoms with E-state index in [1.807, 2.05) is 6.92 Å². The second-order valence-electron chi connectivity index (χ2n) is 6.64. The molecular weight excluding hydrogens is 260 g/mol. The Kier molecular flexibility index (Phi) is 5.65. The van der Waals surface area contributed by atoms with Gasteiger partial charge in [0.05, 0.1) is 5.60 Å². The number of para-hydroxylation sites is 1. The summed E-state index contributed by atoms with van der Waals surface area (Å²) in [6, 6.07) is 11.2. The average Bonchev–Trinajstić information content (AvgIpc) is 2.53. The number of aliphatic hydroxyl groups is 1. The van der Waals surface area contributed by atoms with Crippen LogP contribution in [-0.2, 0) is 0 Å². The summed E-state index contributed by atoms with van der Waals surface area (Å²) >= 11 is 0. The van der Waals surface area contributed by atoms with Crippen LogP contribution in [0.2, 0.25) is 0 Å². The number of hydrogen-bond donors (Lipinski definition) is 2. The Morgan fingerprint density at radius 3 is 2.48 bits per heavy atom. The lowest BCUT2D eigenvalue weighted by atomic mass is 9.88. The summed E-state index contributed by atoms with van der Waals surface area (Å²) in [6.45, 7) is 9.09. The van der Waals surface area contributed by atoms with Crippen LogP contribution in [0.1, 0.15) is 40.0 Å². The molecule has 2 rings (SSSR count). The standard InChI is InChI=1S/C18H30N2O/c1-4-15(2)18(3,21)14-19-16-10-12-20(13-11-16)17-8-6-5-7-9-17/h5-9,15-16,19,21H,4,10-14H2,1-3H3. The van der Waals surface area contributed by atoms with Gasteiger partial charge in [0.2, 0.25) is 0 Å². The summed E-state index contributed by atoms with van der Waals surface area (Å²) in [5.41, 5.74) is 0.716. The lowest BCUT2D eigenvalue weighted by Gasteiger charge is -2.37. The fourth-order valence-electron chi connectivity index (χ4n) is 2.95. The van der Waals surface area contributed by atoms with Crippen LogP contribution in [-0.4, -0.2) is 36.4 Å². The van der Waals surface area contributed by atoms with E-state index < -0.39 is 5.60 Å². The number of piperidine rings is 1. The van der Waals surface area contributed by atoms with Crippen molar-refractivity contribution < 1.29 is 5.11 Å². The molecule has 3 nitrogen and oxygen atoms in total. The number of nitrogens with one attached hydrogen (secondary N) is 1. The van der Waals surface area contributed by atoms with Crippen molar-refractivity contribution in [1.82, 2.24) is 5.32 Å². The van der Waals surface area contributed by atoms with Crippen molar-refractivity contribution in [3.8, 4) is 0 Å². The molecule has 0 radical (unpaired) electrons. The van der Waals surface area contributed by atoms with E-state index in [-0.39, 0.29) is 0 Å². The van der Waals surface area contributed by atoms with E-state index in [1.54, 1.807) is 0 Å². The second-order valence-corrected chi connectivity index (χ2v) is 6.64. The molecule has 1 aliphatic heterocycles. The quantitative estimate of drug-likeness (QED) is 0.845. The highest BCUT2D eigenvalue weighted by molar-refractivity contribution is 5.46. The van der Waals surface area contributed by atoms with Crippen LogP contribution in [0.5, 0.6) is 0 Å². The van der Waals surface area contributed by atoms with Gasteiger partial charge in [-0.05, 0) is 37.8 Å². The maximum absolute atomic E-state index is 10.5. The van der Waals surface area contributed by atoms with Gasteiger partial charge in [0.15, 0.2) is 0 Å². The zero-order chi connectivity index (χ0) is 15.3. The number of hydrogen-bond acceptors (Lipinski definition) is 3. The first-order chi connectivity index (χ1) is 10.0. The van der Waals surface area contributed by atoms with E-state index >= 15 is 0 Å². The Labute approximate surface area is 129 Å². The van der Waals surface area contributed by atoms with Crippen LogP contribution in [0, 0.1) is 5.92 Å². The summed E-state index contributed by atoms with van der Waals surface area (Å²) in [5.74, 6) is 0.328. The van der Waals surface area contributed by atoms with Crippen molar-refractivity contribution in [2.24, 2.45) is 5.92 Å². The van der Waals surface area contributed by atoms with Crippen LogP contribution in [0.4, 0.5) is 5.69 Å². The molecule has 1 aromatic rings. The number of rotatable bonds is 6. The molecule has 2 unspecified atom stereocenters. The highest BCUT2D eigenvalue weighted by Gasteiger charge is 2.28. The summed E-state index contributed by atoms with van der Waals surface area (Å²) in [7, 11) is 0. The Balaban J connectivity index is 1.77. The van der Waals surface area contributed by atoms with E-state index in [1.165, 1.54) is 5.69 Å². The third kappa shape index (κ3) is 4.45. The Hall–Kier alpha value is -1.06. The van der Waals surface area contributed by atoms with Gasteiger partial charge in [0, 0.05) is 31.4 Å². The zero-order valence-electron chi connectivity index (χ0n) is 13.7. The lowest BCUT2D eigenvalue weighted by molar-refractivity contribution is 0.00268. The third-order valence-electron chi connectivity index (χ3n) is 5.04. The molecule has 0 spiro atoms. The number of anilines is 1. The molecule has 1 aromatic carbocycles. The minimum Gasteiger partial charge on any atom is -0.389 e. The van der Waals surface area contributed by atoms with Gasteiger partial charge in [-0.15, -0.1) is 0 Å². The molecule has 3 heteroatoms. The van der Waals surface area contributed by atoms with E-state index in [0.29, 0.717) is 18.5 Å². The Bertz CT molecular complexity index is 410. The van der Waals surface area contributed by atoms with Crippen molar-refractivity contribution in [3.63, 3.8) is 0 Å². The van der Waals surface area contributed by atoms with Crippen molar-refractivity contribution in [2.75, 3.05) is 24.5 Å². The lowest BCUT2D eigenvalue weighted by Crippen LogP contribution is -2.49. The van der Waals surface area contributed by atoms with Gasteiger partial charge in [-0.25, -0.2) is 0 Å². The van der Waals surface area contributed by atoms with Crippen molar-refractivity contribution in [3.05, 3.63) is 30.3 Å². The SMILES string of the molecule is CCC(C)C(C)(O)CNC1CCN(c2ccccc2)CC1. The molecule has 0 saturated carbocycles. The molecule has 1 fully saturated rings. The van der Waals surface area contributed by atoms with Crippen molar-refractivity contribution in [1.29, 1.82) is 0 Å². The largest absolute Gasteiger partial charge is 0.389 e. The van der Waals surface area contributed by atoms with E-state index in [4.69, 9.17) is 0 Å². The molecule has 0 aliphatic carbocycles. The van der Waals surface area contributed by atoms with Crippen molar-refractivity contribution >= 4 is 5.69 Å². The minimum atomic E-state index is -0.606. The maximum Gasteiger partial charge on any atom is 0.0768 e. The van der Waals surface area contributed by atoms with Gasteiger partial charge in [-0.1, -0.05) is 38.5 Å². The van der Waals surface area contributed by atoms with E-state index in [0.717, 1.165) is 32.4 Å². The third-order valence-corrected chi connectivity index (χ3v) is 5.04. The smallest absolute Gasteiger partial charge is 0.0768 e. The van der Waals surface area contributed by atoms with Gasteiger partial charge < -0.3 is 15.3 Å². The van der Waals surface area contributed by atoms with Gasteiger partial charge >= 0.3 is 0 Å². The van der Waals surface area contributed by atoms with Crippen LogP contribution in [0.25, 0.3) is 0 Å². The minimum absolute atomic E-state index is 0.328. The van der Waals surface area contributed by atoms with Crippen LogP contribution in [0.3, 0.4) is 0 Å². The summed E-state index contributed by atoms with van der Waals surface area (Å²) in [6.07, 6.45) is 3.30. The first kappa shape index (κ1) is 16.3. The topological polar surface area (TPSA) is 35.5 Å². The number of benzene rings is 1. The molecule has 0 amide bonds. The maximum atomic E-state index is 10.5. The molecule has 0 aromatic heterocycles. The number of nitrogens with zero attached hydrogens (tertiary/aromatic N) is 1. The first-order valence-corrected chi connectivity index (χ1v) is 8.28. The normalized spacial score (nSPS) is 21.0. The highest BCUT2D eigenvalue weighted by Crippen LogP contribution is 2.22. The molecule has 118 valence electrons. The molecule has 2 atom stereocenters. The van der Waals surface area contributed by atoms with Crippen LogP contribution in [0.15, 0.2) is 30.3 Å². The van der Waals surface area contributed by atoms with E-state index in [2.05, 4.69) is 54.4 Å². The molecule has 0 bridgehead atoms. The second kappa shape index (κ2) is 7.28. The van der Waals surface area contributed by atoms with Crippen LogP contribution >= 0.6 is 0 Å². The average molecular weight is 290 g/mol. The first-order valence-electron chi connectivity index (χ1n) is 8.28. The molecule has 1 heterocycles. The van der Waals surface area contributed by atoms with Gasteiger partial charge in [0.1, 0.15) is 0 Å². The fraction of sp³-hybridized carbons (Fsp3) is 0.667. The van der Waals surface area contributed by atoms with Gasteiger partial charge in [-0.2, -0.15) is 0 Å². The Morgan fingerprint density at radius 1 is 1.29 bits per heavy atom. The van der Waals surface area contributed by atoms with E-state index in [9.17, 15) is 5.11 Å². The Morgan fingerprint density at radius 2 is 1.90 bits per heavy atom. The summed E-state index contributed by atoms with van der Waals surface area (Å²) in [5, 5.41) is 14.0. The fourth-order valence-corrected chi connectivity index (χ4v) is 2.95. The molecule has 1 aliphatic rings. The monoisotopic (exact) mass is 290 g/mol.